The average Bonchev–Trinajstić information content (AvgIpc) is 2.96. The minimum atomic E-state index is -3.78. The topological polar surface area (TPSA) is 127 Å². The molecule has 0 saturated heterocycles. The van der Waals surface area contributed by atoms with Crippen LogP contribution in [-0.4, -0.2) is 40.7 Å². The number of aryl methyl sites for hydroxylation is 2. The fourth-order valence-electron chi connectivity index (χ4n) is 1.71. The molecular formula is C11H14N4O5S. The van der Waals surface area contributed by atoms with Crippen molar-refractivity contribution in [3.05, 3.63) is 29.7 Å². The van der Waals surface area contributed by atoms with Gasteiger partial charge in [0.15, 0.2) is 5.82 Å². The second-order valence-electron chi connectivity index (χ2n) is 4.36. The molecule has 0 saturated carbocycles. The number of aromatic nitrogens is 3. The first kappa shape index (κ1) is 15.2. The number of carboxylic acid groups (broad SMARTS) is 1. The lowest BCUT2D eigenvalue weighted by molar-refractivity contribution is 0.0686. The van der Waals surface area contributed by atoms with Gasteiger partial charge in [0.2, 0.25) is 15.9 Å². The van der Waals surface area contributed by atoms with Crippen LogP contribution in [0.15, 0.2) is 21.7 Å². The number of hydrogen-bond donors (Lipinski definition) is 2. The zero-order valence-electron chi connectivity index (χ0n) is 11.4. The van der Waals surface area contributed by atoms with Gasteiger partial charge in [-0.3, -0.25) is 0 Å². The molecule has 0 atom stereocenters. The van der Waals surface area contributed by atoms with Gasteiger partial charge in [-0.1, -0.05) is 5.16 Å². The summed E-state index contributed by atoms with van der Waals surface area (Å²) < 4.78 is 32.5. The highest BCUT2D eigenvalue weighted by atomic mass is 32.2. The molecule has 9 nitrogen and oxygen atoms in total. The summed E-state index contributed by atoms with van der Waals surface area (Å²) in [4.78, 5) is 14.7. The van der Waals surface area contributed by atoms with E-state index in [0.717, 1.165) is 6.07 Å². The molecule has 2 N–H and O–H groups in total. The van der Waals surface area contributed by atoms with Gasteiger partial charge in [-0.25, -0.2) is 17.9 Å². The van der Waals surface area contributed by atoms with E-state index in [1.54, 1.807) is 6.92 Å². The smallest absolute Gasteiger partial charge is 0.352 e. The van der Waals surface area contributed by atoms with Gasteiger partial charge < -0.3 is 14.2 Å². The highest BCUT2D eigenvalue weighted by Gasteiger charge is 2.20. The number of aromatic carboxylic acids is 1. The van der Waals surface area contributed by atoms with Gasteiger partial charge in [0.05, 0.1) is 0 Å². The molecule has 0 aliphatic heterocycles. The van der Waals surface area contributed by atoms with Crippen molar-refractivity contribution in [3.63, 3.8) is 0 Å². The summed E-state index contributed by atoms with van der Waals surface area (Å²) in [5.74, 6) is -0.392. The van der Waals surface area contributed by atoms with Gasteiger partial charge in [0.1, 0.15) is 10.6 Å². The van der Waals surface area contributed by atoms with Crippen molar-refractivity contribution in [2.45, 2.75) is 18.2 Å². The Balaban J connectivity index is 2.04. The molecule has 0 amide bonds. The molecule has 2 heterocycles. The first-order valence-corrected chi connectivity index (χ1v) is 7.46. The Hall–Kier alpha value is -2.20. The lowest BCUT2D eigenvalue weighted by Crippen LogP contribution is -2.25. The highest BCUT2D eigenvalue weighted by Crippen LogP contribution is 2.13. The number of carboxylic acids is 1. The number of sulfonamides is 1. The first-order valence-electron chi connectivity index (χ1n) is 5.98. The van der Waals surface area contributed by atoms with E-state index in [1.807, 2.05) is 0 Å². The van der Waals surface area contributed by atoms with E-state index in [4.69, 9.17) is 9.63 Å². The van der Waals surface area contributed by atoms with Crippen molar-refractivity contribution in [2.75, 3.05) is 6.54 Å². The third kappa shape index (κ3) is 3.47. The molecule has 0 fully saturated rings. The third-order valence-electron chi connectivity index (χ3n) is 2.71. The van der Waals surface area contributed by atoms with Gasteiger partial charge in [0, 0.05) is 26.2 Å². The van der Waals surface area contributed by atoms with Crippen LogP contribution in [0.5, 0.6) is 0 Å². The number of nitrogens with one attached hydrogen (secondary N) is 1. The Morgan fingerprint density at radius 3 is 2.76 bits per heavy atom. The normalized spacial score (nSPS) is 11.7. The summed E-state index contributed by atoms with van der Waals surface area (Å²) in [6, 6.07) is 1.10. The maximum atomic E-state index is 12.0. The standard InChI is InChI=1S/C11H14N4O5S/c1-7-13-10(20-14-7)3-4-12-21(18,19)8-5-9(11(16)17)15(2)6-8/h5-6,12H,3-4H2,1-2H3,(H,16,17). The van der Waals surface area contributed by atoms with E-state index in [-0.39, 0.29) is 23.6 Å². The van der Waals surface area contributed by atoms with Crippen molar-refractivity contribution in [3.8, 4) is 0 Å². The molecule has 0 aromatic carbocycles. The molecule has 2 rings (SSSR count). The maximum absolute atomic E-state index is 12.0. The SMILES string of the molecule is Cc1noc(CCNS(=O)(=O)c2cc(C(=O)O)n(C)c2)n1. The zero-order valence-corrected chi connectivity index (χ0v) is 12.2. The predicted octanol–water partition coefficient (Wildman–Crippen LogP) is -0.0643. The van der Waals surface area contributed by atoms with Gasteiger partial charge in [-0.15, -0.1) is 0 Å². The number of carbonyl (C=O) groups is 1. The van der Waals surface area contributed by atoms with Gasteiger partial charge in [0.25, 0.3) is 0 Å². The van der Waals surface area contributed by atoms with Crippen LogP contribution < -0.4 is 4.72 Å². The van der Waals surface area contributed by atoms with E-state index in [9.17, 15) is 13.2 Å². The lowest BCUT2D eigenvalue weighted by atomic mass is 10.4. The molecule has 21 heavy (non-hydrogen) atoms. The largest absolute Gasteiger partial charge is 0.477 e. The van der Waals surface area contributed by atoms with Crippen LogP contribution in [0, 0.1) is 6.92 Å². The van der Waals surface area contributed by atoms with Crippen molar-refractivity contribution >= 4 is 16.0 Å². The van der Waals surface area contributed by atoms with E-state index in [0.29, 0.717) is 11.7 Å². The van der Waals surface area contributed by atoms with E-state index < -0.39 is 16.0 Å². The lowest BCUT2D eigenvalue weighted by Gasteiger charge is -2.02. The molecule has 0 bridgehead atoms. The number of hydrogen-bond acceptors (Lipinski definition) is 6. The third-order valence-corrected chi connectivity index (χ3v) is 4.14. The Labute approximate surface area is 120 Å². The molecule has 0 radical (unpaired) electrons. The van der Waals surface area contributed by atoms with Crippen LogP contribution in [-0.2, 0) is 23.5 Å². The van der Waals surface area contributed by atoms with E-state index >= 15 is 0 Å². The average molecular weight is 314 g/mol. The summed E-state index contributed by atoms with van der Waals surface area (Å²) in [6.07, 6.45) is 1.49. The van der Waals surface area contributed by atoms with Gasteiger partial charge >= 0.3 is 5.97 Å². The Morgan fingerprint density at radius 2 is 2.24 bits per heavy atom. The summed E-state index contributed by atoms with van der Waals surface area (Å²) in [6.45, 7) is 1.73. The molecule has 0 aliphatic rings. The van der Waals surface area contributed by atoms with Crippen molar-refractivity contribution in [1.29, 1.82) is 0 Å². The second-order valence-corrected chi connectivity index (χ2v) is 6.13. The number of rotatable bonds is 6. The van der Waals surface area contributed by atoms with Crippen molar-refractivity contribution in [1.82, 2.24) is 19.4 Å². The zero-order chi connectivity index (χ0) is 15.6. The highest BCUT2D eigenvalue weighted by molar-refractivity contribution is 7.89. The van der Waals surface area contributed by atoms with Crippen LogP contribution in [0.1, 0.15) is 22.2 Å². The summed E-state index contributed by atoms with van der Waals surface area (Å²) in [5, 5.41) is 12.5. The maximum Gasteiger partial charge on any atom is 0.352 e. The quantitative estimate of drug-likeness (QED) is 0.764. The van der Waals surface area contributed by atoms with Gasteiger partial charge in [-0.05, 0) is 13.0 Å². The van der Waals surface area contributed by atoms with E-state index in [1.165, 1.54) is 17.8 Å². The molecule has 2 aromatic heterocycles. The number of nitrogens with zero attached hydrogens (tertiary/aromatic N) is 3. The van der Waals surface area contributed by atoms with Crippen LogP contribution in [0.2, 0.25) is 0 Å². The second kappa shape index (κ2) is 5.66. The van der Waals surface area contributed by atoms with Crippen molar-refractivity contribution < 1.29 is 22.8 Å². The minimum Gasteiger partial charge on any atom is -0.477 e. The Kier molecular flexibility index (Phi) is 4.09. The summed E-state index contributed by atoms with van der Waals surface area (Å²) in [7, 11) is -2.32. The minimum absolute atomic E-state index is 0.0707. The predicted molar refractivity (Wildman–Crippen MR) is 70.3 cm³/mol. The van der Waals surface area contributed by atoms with Crippen LogP contribution in [0.3, 0.4) is 0 Å². The molecule has 0 spiro atoms. The van der Waals surface area contributed by atoms with Crippen LogP contribution in [0.4, 0.5) is 0 Å². The fourth-order valence-corrected chi connectivity index (χ4v) is 2.81. The molecule has 10 heteroatoms. The molecule has 2 aromatic rings. The molecule has 0 aliphatic carbocycles. The van der Waals surface area contributed by atoms with E-state index in [2.05, 4.69) is 14.9 Å². The monoisotopic (exact) mass is 314 g/mol. The van der Waals surface area contributed by atoms with Gasteiger partial charge in [-0.2, -0.15) is 4.98 Å². The summed E-state index contributed by atoms with van der Waals surface area (Å²) >= 11 is 0. The van der Waals surface area contributed by atoms with Crippen LogP contribution in [0.25, 0.3) is 0 Å². The van der Waals surface area contributed by atoms with Crippen LogP contribution >= 0.6 is 0 Å². The molecule has 114 valence electrons. The first-order chi connectivity index (χ1) is 9.79. The van der Waals surface area contributed by atoms with Crippen molar-refractivity contribution in [2.24, 2.45) is 7.05 Å². The Bertz CT molecular complexity index is 761. The fraction of sp³-hybridized carbons (Fsp3) is 0.364. The molecule has 0 unspecified atom stereocenters. The molecular weight excluding hydrogens is 300 g/mol. The summed E-state index contributed by atoms with van der Waals surface area (Å²) in [5.41, 5.74) is -0.108. The Morgan fingerprint density at radius 1 is 1.52 bits per heavy atom.